The number of furan rings is 1. The number of alkyl halides is 3. The molecule has 0 fully saturated rings. The predicted molar refractivity (Wildman–Crippen MR) is 58.0 cm³/mol. The molecule has 0 radical (unpaired) electrons. The van der Waals surface area contributed by atoms with Gasteiger partial charge < -0.3 is 10.2 Å². The Labute approximate surface area is 104 Å². The van der Waals surface area contributed by atoms with Gasteiger partial charge in [0.2, 0.25) is 5.76 Å². The standard InChI is InChI=1S/C10H6F3NO4S/c11-10(12,13)19(16,17)8-5-3-1-2-4-6(5)18-7(8)9(14)15/h1-4H,(H2,14,15). The lowest BCUT2D eigenvalue weighted by atomic mass is 10.2. The Morgan fingerprint density at radius 1 is 1.21 bits per heavy atom. The number of hydrogen-bond donors (Lipinski definition) is 1. The first-order chi connectivity index (χ1) is 8.66. The van der Waals surface area contributed by atoms with E-state index in [1.807, 2.05) is 0 Å². The number of nitrogens with two attached hydrogens (primary N) is 1. The fourth-order valence-corrected chi connectivity index (χ4v) is 2.64. The molecule has 0 unspecified atom stereocenters. The third kappa shape index (κ3) is 1.95. The number of para-hydroxylation sites is 1. The molecular weight excluding hydrogens is 287 g/mol. The van der Waals surface area contributed by atoms with Crippen LogP contribution in [0.3, 0.4) is 0 Å². The van der Waals surface area contributed by atoms with Gasteiger partial charge in [0.1, 0.15) is 10.5 Å². The summed E-state index contributed by atoms with van der Waals surface area (Å²) in [6, 6.07) is 5.07. The van der Waals surface area contributed by atoms with Crippen molar-refractivity contribution >= 4 is 26.7 Å². The molecule has 0 atom stereocenters. The van der Waals surface area contributed by atoms with E-state index in [9.17, 15) is 26.4 Å². The number of carbonyl (C=O) groups excluding carboxylic acids is 1. The molecule has 5 nitrogen and oxygen atoms in total. The first-order valence-electron chi connectivity index (χ1n) is 4.79. The molecule has 2 aromatic rings. The van der Waals surface area contributed by atoms with Crippen LogP contribution in [0.15, 0.2) is 33.6 Å². The van der Waals surface area contributed by atoms with Crippen molar-refractivity contribution < 1.29 is 30.8 Å². The molecule has 2 N–H and O–H groups in total. The first kappa shape index (κ1) is 13.4. The molecule has 0 aliphatic carbocycles. The van der Waals surface area contributed by atoms with Gasteiger partial charge in [-0.15, -0.1) is 0 Å². The molecule has 0 bridgehead atoms. The monoisotopic (exact) mass is 293 g/mol. The molecule has 1 amide bonds. The highest BCUT2D eigenvalue weighted by atomic mass is 32.2. The van der Waals surface area contributed by atoms with Crippen molar-refractivity contribution in [3.8, 4) is 0 Å². The van der Waals surface area contributed by atoms with Crippen LogP contribution in [0.25, 0.3) is 11.0 Å². The van der Waals surface area contributed by atoms with E-state index in [4.69, 9.17) is 10.2 Å². The fraction of sp³-hybridized carbons (Fsp3) is 0.100. The second-order valence-corrected chi connectivity index (χ2v) is 5.45. The summed E-state index contributed by atoms with van der Waals surface area (Å²) in [5.74, 6) is -2.42. The minimum atomic E-state index is -5.73. The van der Waals surface area contributed by atoms with Gasteiger partial charge in [-0.2, -0.15) is 13.2 Å². The summed E-state index contributed by atoms with van der Waals surface area (Å²) in [6.45, 7) is 0. The largest absolute Gasteiger partial charge is 0.502 e. The van der Waals surface area contributed by atoms with E-state index in [0.29, 0.717) is 0 Å². The number of fused-ring (bicyclic) bond motifs is 1. The highest BCUT2D eigenvalue weighted by Gasteiger charge is 2.50. The maximum absolute atomic E-state index is 12.6. The van der Waals surface area contributed by atoms with Crippen molar-refractivity contribution in [2.45, 2.75) is 10.4 Å². The molecule has 2 rings (SSSR count). The number of carbonyl (C=O) groups is 1. The lowest BCUT2D eigenvalue weighted by molar-refractivity contribution is -0.0435. The van der Waals surface area contributed by atoms with E-state index < -0.39 is 31.9 Å². The smallest absolute Gasteiger partial charge is 0.449 e. The van der Waals surface area contributed by atoms with Crippen molar-refractivity contribution in [2.24, 2.45) is 5.73 Å². The zero-order chi connectivity index (χ0) is 14.4. The molecule has 0 saturated carbocycles. The Kier molecular flexibility index (Phi) is 2.81. The van der Waals surface area contributed by atoms with Crippen LogP contribution in [0.1, 0.15) is 10.6 Å². The molecular formula is C10H6F3NO4S. The van der Waals surface area contributed by atoms with E-state index in [2.05, 4.69) is 0 Å². The zero-order valence-electron chi connectivity index (χ0n) is 9.06. The van der Waals surface area contributed by atoms with Gasteiger partial charge in [-0.3, -0.25) is 4.79 Å². The van der Waals surface area contributed by atoms with Gasteiger partial charge >= 0.3 is 5.51 Å². The van der Waals surface area contributed by atoms with Crippen LogP contribution >= 0.6 is 0 Å². The van der Waals surface area contributed by atoms with Gasteiger partial charge in [-0.05, 0) is 12.1 Å². The number of rotatable bonds is 2. The Hall–Kier alpha value is -2.03. The second-order valence-electron chi connectivity index (χ2n) is 3.57. The number of hydrogen-bond acceptors (Lipinski definition) is 4. The number of primary amides is 1. The minimum Gasteiger partial charge on any atom is -0.449 e. The molecule has 102 valence electrons. The fourth-order valence-electron chi connectivity index (χ4n) is 1.57. The van der Waals surface area contributed by atoms with Gasteiger partial charge in [0.25, 0.3) is 15.7 Å². The average Bonchev–Trinajstić information content (AvgIpc) is 2.66. The molecule has 0 aliphatic rings. The van der Waals surface area contributed by atoms with Gasteiger partial charge in [-0.1, -0.05) is 12.1 Å². The summed E-state index contributed by atoms with van der Waals surface area (Å²) in [7, 11) is -5.73. The zero-order valence-corrected chi connectivity index (χ0v) is 9.88. The molecule has 0 saturated heterocycles. The van der Waals surface area contributed by atoms with Crippen LogP contribution in [0.5, 0.6) is 0 Å². The Morgan fingerprint density at radius 3 is 2.32 bits per heavy atom. The summed E-state index contributed by atoms with van der Waals surface area (Å²) in [5, 5.41) is -0.339. The van der Waals surface area contributed by atoms with Crippen LogP contribution in [0.2, 0.25) is 0 Å². The number of benzene rings is 1. The maximum atomic E-state index is 12.6. The molecule has 9 heteroatoms. The average molecular weight is 293 g/mol. The summed E-state index contributed by atoms with van der Waals surface area (Å²) >= 11 is 0. The van der Waals surface area contributed by atoms with Gasteiger partial charge in [0, 0.05) is 5.39 Å². The van der Waals surface area contributed by atoms with Gasteiger partial charge in [-0.25, -0.2) is 8.42 Å². The van der Waals surface area contributed by atoms with Crippen molar-refractivity contribution in [1.82, 2.24) is 0 Å². The van der Waals surface area contributed by atoms with E-state index in [1.165, 1.54) is 18.2 Å². The summed E-state index contributed by atoms with van der Waals surface area (Å²) in [5.41, 5.74) is -0.865. The van der Waals surface area contributed by atoms with Crippen molar-refractivity contribution in [3.05, 3.63) is 30.0 Å². The highest BCUT2D eigenvalue weighted by Crippen LogP contribution is 2.38. The van der Waals surface area contributed by atoms with Crippen LogP contribution in [0, 0.1) is 0 Å². The predicted octanol–water partition coefficient (Wildman–Crippen LogP) is 1.83. The number of amides is 1. The Balaban J connectivity index is 2.93. The van der Waals surface area contributed by atoms with Crippen LogP contribution in [-0.4, -0.2) is 19.8 Å². The van der Waals surface area contributed by atoms with E-state index >= 15 is 0 Å². The van der Waals surface area contributed by atoms with Gasteiger partial charge in [0.05, 0.1) is 0 Å². The van der Waals surface area contributed by atoms with E-state index in [-0.39, 0.29) is 11.0 Å². The maximum Gasteiger partial charge on any atom is 0.502 e. The summed E-state index contributed by atoms with van der Waals surface area (Å²) in [6.07, 6.45) is 0. The minimum absolute atomic E-state index is 0.167. The molecule has 1 aromatic carbocycles. The van der Waals surface area contributed by atoms with Crippen LogP contribution in [0.4, 0.5) is 13.2 Å². The summed E-state index contributed by atoms with van der Waals surface area (Å²) < 4.78 is 65.5. The lowest BCUT2D eigenvalue weighted by Crippen LogP contribution is -2.25. The van der Waals surface area contributed by atoms with Crippen molar-refractivity contribution in [3.63, 3.8) is 0 Å². The SMILES string of the molecule is NC(=O)c1oc2ccccc2c1S(=O)(=O)C(F)(F)F. The quantitative estimate of drug-likeness (QED) is 0.914. The third-order valence-corrected chi connectivity index (χ3v) is 3.90. The van der Waals surface area contributed by atoms with Crippen LogP contribution < -0.4 is 5.73 Å². The highest BCUT2D eigenvalue weighted by molar-refractivity contribution is 7.92. The first-order valence-corrected chi connectivity index (χ1v) is 6.27. The van der Waals surface area contributed by atoms with Crippen molar-refractivity contribution in [2.75, 3.05) is 0 Å². The van der Waals surface area contributed by atoms with Crippen LogP contribution in [-0.2, 0) is 9.84 Å². The Bertz CT molecular complexity index is 761. The van der Waals surface area contributed by atoms with E-state index in [1.54, 1.807) is 0 Å². The molecule has 19 heavy (non-hydrogen) atoms. The second kappa shape index (κ2) is 3.98. The molecule has 0 aliphatic heterocycles. The van der Waals surface area contributed by atoms with E-state index in [0.717, 1.165) is 6.07 Å². The normalized spacial score (nSPS) is 12.8. The van der Waals surface area contributed by atoms with Gasteiger partial charge in [0.15, 0.2) is 0 Å². The Morgan fingerprint density at radius 2 is 1.79 bits per heavy atom. The number of halogens is 3. The summed E-state index contributed by atoms with van der Waals surface area (Å²) in [4.78, 5) is 9.81. The molecule has 1 aromatic heterocycles. The molecule has 0 spiro atoms. The van der Waals surface area contributed by atoms with Crippen molar-refractivity contribution in [1.29, 1.82) is 0 Å². The lowest BCUT2D eigenvalue weighted by Gasteiger charge is -2.07. The third-order valence-electron chi connectivity index (χ3n) is 2.35. The topological polar surface area (TPSA) is 90.4 Å². The molecule has 1 heterocycles. The number of sulfone groups is 1.